The predicted octanol–water partition coefficient (Wildman–Crippen LogP) is 3.45. The highest BCUT2D eigenvalue weighted by atomic mass is 15.3. The molecular formula is C18H25N3. The van der Waals surface area contributed by atoms with Gasteiger partial charge in [-0.25, -0.2) is 0 Å². The molecular weight excluding hydrogens is 258 g/mol. The third kappa shape index (κ3) is 3.03. The van der Waals surface area contributed by atoms with Gasteiger partial charge in [-0.3, -0.25) is 4.68 Å². The zero-order valence-corrected chi connectivity index (χ0v) is 13.0. The summed E-state index contributed by atoms with van der Waals surface area (Å²) in [6.45, 7) is 4.29. The first-order valence-corrected chi connectivity index (χ1v) is 8.02. The van der Waals surface area contributed by atoms with Crippen LogP contribution >= 0.6 is 0 Å². The van der Waals surface area contributed by atoms with E-state index in [1.54, 1.807) is 0 Å². The van der Waals surface area contributed by atoms with E-state index >= 15 is 0 Å². The molecule has 3 rings (SSSR count). The first kappa shape index (κ1) is 14.3. The number of aryl methyl sites for hydroxylation is 1. The Bertz CT molecular complexity index is 600. The Morgan fingerprint density at radius 3 is 2.86 bits per heavy atom. The number of aromatic nitrogens is 2. The highest BCUT2D eigenvalue weighted by molar-refractivity contribution is 5.34. The minimum atomic E-state index is 0.155. The quantitative estimate of drug-likeness (QED) is 0.934. The van der Waals surface area contributed by atoms with Crippen molar-refractivity contribution in [2.45, 2.75) is 57.5 Å². The Balaban J connectivity index is 1.75. The predicted molar refractivity (Wildman–Crippen MR) is 86.4 cm³/mol. The van der Waals surface area contributed by atoms with Crippen LogP contribution in [-0.2, 0) is 12.8 Å². The van der Waals surface area contributed by atoms with Crippen molar-refractivity contribution < 1.29 is 0 Å². The van der Waals surface area contributed by atoms with Crippen molar-refractivity contribution in [3.63, 3.8) is 0 Å². The van der Waals surface area contributed by atoms with Crippen molar-refractivity contribution in [2.75, 3.05) is 0 Å². The molecule has 1 aromatic heterocycles. The van der Waals surface area contributed by atoms with Gasteiger partial charge in [0.15, 0.2) is 0 Å². The summed E-state index contributed by atoms with van der Waals surface area (Å²) in [6, 6.07) is 11.4. The summed E-state index contributed by atoms with van der Waals surface area (Å²) in [6.07, 6.45) is 6.56. The number of rotatable bonds is 4. The van der Waals surface area contributed by atoms with Crippen molar-refractivity contribution in [3.8, 4) is 0 Å². The molecule has 21 heavy (non-hydrogen) atoms. The molecule has 112 valence electrons. The fraction of sp³-hybridized carbons (Fsp3) is 0.500. The van der Waals surface area contributed by atoms with Crippen LogP contribution in [0.15, 0.2) is 36.5 Å². The molecule has 0 aliphatic heterocycles. The summed E-state index contributed by atoms with van der Waals surface area (Å²) in [5, 5.41) is 4.64. The second-order valence-corrected chi connectivity index (χ2v) is 6.45. The van der Waals surface area contributed by atoms with E-state index in [1.807, 2.05) is 4.68 Å². The third-order valence-electron chi connectivity index (χ3n) is 4.57. The molecule has 2 aromatic rings. The number of fused-ring (bicyclic) bond motifs is 1. The van der Waals surface area contributed by atoms with Gasteiger partial charge in [-0.15, -0.1) is 0 Å². The number of hydrogen-bond acceptors (Lipinski definition) is 2. The van der Waals surface area contributed by atoms with Gasteiger partial charge >= 0.3 is 0 Å². The SMILES string of the molecule is CC(C)n1ccc(CC(N)C2CCCc3ccccc32)n1. The third-order valence-corrected chi connectivity index (χ3v) is 4.57. The van der Waals surface area contributed by atoms with E-state index in [2.05, 4.69) is 55.5 Å². The van der Waals surface area contributed by atoms with Gasteiger partial charge in [0.2, 0.25) is 0 Å². The molecule has 2 atom stereocenters. The summed E-state index contributed by atoms with van der Waals surface area (Å²) in [5.41, 5.74) is 10.6. The van der Waals surface area contributed by atoms with Crippen LogP contribution in [0, 0.1) is 0 Å². The maximum atomic E-state index is 6.53. The van der Waals surface area contributed by atoms with Gasteiger partial charge in [-0.1, -0.05) is 24.3 Å². The molecule has 0 amide bonds. The van der Waals surface area contributed by atoms with Crippen LogP contribution in [0.3, 0.4) is 0 Å². The lowest BCUT2D eigenvalue weighted by Crippen LogP contribution is -2.33. The van der Waals surface area contributed by atoms with Crippen molar-refractivity contribution in [1.82, 2.24) is 9.78 Å². The first-order valence-electron chi connectivity index (χ1n) is 8.02. The van der Waals surface area contributed by atoms with E-state index in [0.717, 1.165) is 12.1 Å². The average molecular weight is 283 g/mol. The van der Waals surface area contributed by atoms with Crippen molar-refractivity contribution in [3.05, 3.63) is 53.3 Å². The molecule has 3 nitrogen and oxygen atoms in total. The second kappa shape index (κ2) is 6.02. The largest absolute Gasteiger partial charge is 0.327 e. The minimum absolute atomic E-state index is 0.155. The van der Waals surface area contributed by atoms with Crippen LogP contribution in [0.25, 0.3) is 0 Å². The molecule has 1 aliphatic carbocycles. The molecule has 0 bridgehead atoms. The minimum Gasteiger partial charge on any atom is -0.327 e. The molecule has 0 saturated carbocycles. The second-order valence-electron chi connectivity index (χ2n) is 6.45. The van der Waals surface area contributed by atoms with Crippen LogP contribution in [0.4, 0.5) is 0 Å². The summed E-state index contributed by atoms with van der Waals surface area (Å²) in [5.74, 6) is 0.471. The van der Waals surface area contributed by atoms with E-state index in [9.17, 15) is 0 Å². The summed E-state index contributed by atoms with van der Waals surface area (Å²) < 4.78 is 2.01. The number of nitrogens with two attached hydrogens (primary N) is 1. The van der Waals surface area contributed by atoms with Gasteiger partial charge < -0.3 is 5.73 Å². The van der Waals surface area contributed by atoms with Gasteiger partial charge in [-0.2, -0.15) is 5.10 Å². The molecule has 0 fully saturated rings. The molecule has 1 aliphatic rings. The monoisotopic (exact) mass is 283 g/mol. The fourth-order valence-electron chi connectivity index (χ4n) is 3.39. The van der Waals surface area contributed by atoms with Crippen LogP contribution in [-0.4, -0.2) is 15.8 Å². The van der Waals surface area contributed by atoms with E-state index in [4.69, 9.17) is 5.73 Å². The zero-order valence-electron chi connectivity index (χ0n) is 13.0. The van der Waals surface area contributed by atoms with Gasteiger partial charge in [0.1, 0.15) is 0 Å². The maximum Gasteiger partial charge on any atom is 0.0640 e. The van der Waals surface area contributed by atoms with Gasteiger partial charge in [0, 0.05) is 24.7 Å². The lowest BCUT2D eigenvalue weighted by Gasteiger charge is -2.30. The van der Waals surface area contributed by atoms with Crippen molar-refractivity contribution in [1.29, 1.82) is 0 Å². The Morgan fingerprint density at radius 2 is 2.10 bits per heavy atom. The molecule has 2 N–H and O–H groups in total. The van der Waals surface area contributed by atoms with Crippen LogP contribution < -0.4 is 5.73 Å². The van der Waals surface area contributed by atoms with Crippen molar-refractivity contribution in [2.24, 2.45) is 5.73 Å². The smallest absolute Gasteiger partial charge is 0.0640 e. The molecule has 3 heteroatoms. The number of benzene rings is 1. The van der Waals surface area contributed by atoms with E-state index in [1.165, 1.54) is 30.4 Å². The Labute approximate surface area is 127 Å². The summed E-state index contributed by atoms with van der Waals surface area (Å²) in [4.78, 5) is 0. The lowest BCUT2D eigenvalue weighted by atomic mass is 9.78. The highest BCUT2D eigenvalue weighted by Gasteiger charge is 2.25. The normalized spacial score (nSPS) is 19.5. The van der Waals surface area contributed by atoms with Gasteiger partial charge in [0.05, 0.1) is 5.69 Å². The topological polar surface area (TPSA) is 43.8 Å². The molecule has 0 radical (unpaired) electrons. The van der Waals surface area contributed by atoms with E-state index in [0.29, 0.717) is 12.0 Å². The Kier molecular flexibility index (Phi) is 4.11. The molecule has 2 unspecified atom stereocenters. The molecule has 1 heterocycles. The zero-order chi connectivity index (χ0) is 14.8. The molecule has 0 spiro atoms. The maximum absolute atomic E-state index is 6.53. The van der Waals surface area contributed by atoms with Gasteiger partial charge in [0.25, 0.3) is 0 Å². The van der Waals surface area contributed by atoms with Crippen LogP contribution in [0.1, 0.15) is 55.5 Å². The summed E-state index contributed by atoms with van der Waals surface area (Å²) >= 11 is 0. The molecule has 0 saturated heterocycles. The fourth-order valence-corrected chi connectivity index (χ4v) is 3.39. The molecule has 1 aromatic carbocycles. The Morgan fingerprint density at radius 1 is 1.29 bits per heavy atom. The highest BCUT2D eigenvalue weighted by Crippen LogP contribution is 2.34. The first-order chi connectivity index (χ1) is 10.1. The van der Waals surface area contributed by atoms with Gasteiger partial charge in [-0.05, 0) is 56.2 Å². The van der Waals surface area contributed by atoms with E-state index < -0.39 is 0 Å². The number of hydrogen-bond donors (Lipinski definition) is 1. The van der Waals surface area contributed by atoms with Crippen LogP contribution in [0.2, 0.25) is 0 Å². The Hall–Kier alpha value is -1.61. The number of nitrogens with zero attached hydrogens (tertiary/aromatic N) is 2. The van der Waals surface area contributed by atoms with E-state index in [-0.39, 0.29) is 6.04 Å². The van der Waals surface area contributed by atoms with Crippen LogP contribution in [0.5, 0.6) is 0 Å². The van der Waals surface area contributed by atoms with Crippen molar-refractivity contribution >= 4 is 0 Å². The average Bonchev–Trinajstić information content (AvgIpc) is 2.95. The lowest BCUT2D eigenvalue weighted by molar-refractivity contribution is 0.452. The standard InChI is InChI=1S/C18H25N3/c1-13(2)21-11-10-15(20-21)12-18(19)17-9-5-7-14-6-3-4-8-16(14)17/h3-4,6,8,10-11,13,17-18H,5,7,9,12,19H2,1-2H3. The summed E-state index contributed by atoms with van der Waals surface area (Å²) in [7, 11) is 0.